The number of ether oxygens (including phenoxy) is 4. The van der Waals surface area contributed by atoms with Gasteiger partial charge in [-0.15, -0.1) is 0 Å². The molecule has 3 heterocycles. The van der Waals surface area contributed by atoms with Gasteiger partial charge in [0.15, 0.2) is 29.3 Å². The predicted octanol–water partition coefficient (Wildman–Crippen LogP) is 1.52. The first kappa shape index (κ1) is 39.8. The fourth-order valence-electron chi connectivity index (χ4n) is 9.49. The van der Waals surface area contributed by atoms with Crippen LogP contribution in [0.3, 0.4) is 0 Å². The fourth-order valence-corrected chi connectivity index (χ4v) is 9.49. The van der Waals surface area contributed by atoms with Gasteiger partial charge in [-0.05, 0) is 89.1 Å². The minimum atomic E-state index is -0.739. The van der Waals surface area contributed by atoms with Crippen molar-refractivity contribution in [1.82, 2.24) is 20.4 Å². The van der Waals surface area contributed by atoms with Gasteiger partial charge in [0.05, 0.1) is 32.2 Å². The molecule has 5 aliphatic rings. The maximum Gasteiger partial charge on any atom is 0.415 e. The summed E-state index contributed by atoms with van der Waals surface area (Å²) >= 11 is 0. The van der Waals surface area contributed by atoms with Crippen molar-refractivity contribution in [3.05, 3.63) is 35.1 Å². The molecular formula is C39H55N7O9. The maximum absolute atomic E-state index is 14.3. The lowest BCUT2D eigenvalue weighted by atomic mass is 9.53. The van der Waals surface area contributed by atoms with E-state index < -0.39 is 36.0 Å². The molecule has 0 saturated carbocycles. The van der Waals surface area contributed by atoms with Crippen LogP contribution in [0.15, 0.2) is 29.0 Å². The standard InChI is InChI=1S/C39H55N7O9/c1-5-53-36(50)25-12-15-46(26(17-25)20-44-35(49)24(7-6-14-42-37(40)41)18-27(48)21-43-22(2)47)38(51)54-31-11-9-28-29-19-23-8-10-30(52-4)33-32(23)39(28,34(31)55-33)13-16-45(29)3/h8,10-11,24-26,28-29,34H,5-7,9,12-21H2,1-4H3,(H,43,47)(H,44,49)(H4,40,41,42)/t24-,25?,26?,28?,29-,34-,39+/m1/s1. The van der Waals surface area contributed by atoms with E-state index in [4.69, 9.17) is 30.4 Å². The van der Waals surface area contributed by atoms with E-state index in [2.05, 4.69) is 33.6 Å². The number of likely N-dealkylation sites (N-methyl/N-ethyl adjacent to an activating group) is 1. The molecule has 6 N–H and O–H groups in total. The molecule has 1 aromatic carbocycles. The van der Waals surface area contributed by atoms with Crippen molar-refractivity contribution >= 4 is 35.6 Å². The molecule has 7 atom stereocenters. The Morgan fingerprint density at radius 3 is 2.67 bits per heavy atom. The fraction of sp³-hybridized carbons (Fsp3) is 0.641. The third-order valence-electron chi connectivity index (χ3n) is 12.1. The molecule has 3 amide bonds. The first-order valence-electron chi connectivity index (χ1n) is 19.4. The number of rotatable bonds is 15. The van der Waals surface area contributed by atoms with Crippen LogP contribution >= 0.6 is 0 Å². The van der Waals surface area contributed by atoms with Crippen LogP contribution in [-0.2, 0) is 40.5 Å². The van der Waals surface area contributed by atoms with Gasteiger partial charge in [-0.25, -0.2) is 4.79 Å². The average molecular weight is 766 g/mol. The van der Waals surface area contributed by atoms with E-state index >= 15 is 0 Å². The number of likely N-dealkylation sites (tertiary alicyclic amines) is 2. The zero-order chi connectivity index (χ0) is 39.4. The molecule has 3 aliphatic heterocycles. The van der Waals surface area contributed by atoms with E-state index in [1.807, 2.05) is 12.1 Å². The number of benzene rings is 1. The number of ketones is 1. The quantitative estimate of drug-likeness (QED) is 0.0866. The average Bonchev–Trinajstić information content (AvgIpc) is 3.51. The highest BCUT2D eigenvalue weighted by Crippen LogP contribution is 2.63. The largest absolute Gasteiger partial charge is 0.493 e. The van der Waals surface area contributed by atoms with Gasteiger partial charge in [0.2, 0.25) is 11.8 Å². The second kappa shape index (κ2) is 16.9. The van der Waals surface area contributed by atoms with Crippen molar-refractivity contribution in [2.24, 2.45) is 34.2 Å². The Kier molecular flexibility index (Phi) is 12.2. The molecule has 16 nitrogen and oxygen atoms in total. The maximum atomic E-state index is 14.3. The molecule has 2 saturated heterocycles. The lowest BCUT2D eigenvalue weighted by Crippen LogP contribution is -2.63. The van der Waals surface area contributed by atoms with Crippen molar-refractivity contribution < 1.29 is 42.9 Å². The summed E-state index contributed by atoms with van der Waals surface area (Å²) in [4.78, 5) is 72.9. The molecule has 3 unspecified atom stereocenters. The summed E-state index contributed by atoms with van der Waals surface area (Å²) in [6.45, 7) is 4.45. The number of nitrogens with zero attached hydrogens (tertiary/aromatic N) is 3. The molecular weight excluding hydrogens is 710 g/mol. The lowest BCUT2D eigenvalue weighted by molar-refractivity contribution is -0.150. The molecule has 55 heavy (non-hydrogen) atoms. The summed E-state index contributed by atoms with van der Waals surface area (Å²) in [7, 11) is 3.81. The van der Waals surface area contributed by atoms with E-state index in [0.29, 0.717) is 36.8 Å². The zero-order valence-corrected chi connectivity index (χ0v) is 32.3. The van der Waals surface area contributed by atoms with E-state index in [-0.39, 0.29) is 80.6 Å². The zero-order valence-electron chi connectivity index (χ0n) is 32.3. The number of allylic oxidation sites excluding steroid dienone is 1. The Hall–Kier alpha value is -4.86. The molecule has 2 bridgehead atoms. The van der Waals surface area contributed by atoms with Crippen LogP contribution < -0.4 is 31.6 Å². The molecule has 16 heteroatoms. The van der Waals surface area contributed by atoms with Crippen LogP contribution in [0.5, 0.6) is 11.5 Å². The summed E-state index contributed by atoms with van der Waals surface area (Å²) in [5.41, 5.74) is 13.0. The van der Waals surface area contributed by atoms with Crippen molar-refractivity contribution in [1.29, 1.82) is 0 Å². The minimum Gasteiger partial charge on any atom is -0.493 e. The van der Waals surface area contributed by atoms with E-state index in [0.717, 1.165) is 31.6 Å². The number of nitrogens with two attached hydrogens (primary N) is 2. The van der Waals surface area contributed by atoms with Gasteiger partial charge in [-0.1, -0.05) is 6.07 Å². The first-order valence-corrected chi connectivity index (χ1v) is 19.4. The SMILES string of the molecule is CCOC(=O)C1CCN(C(=O)OC2=CCC3[C@H]4Cc5ccc(OC)c6c5[C@@]3(CCN4C)[C@@H]2O6)C(CNC(=O)[C@H](CCCN=C(N)N)CC(=O)CNC(C)=O)C1. The molecule has 1 aromatic rings. The highest BCUT2D eigenvalue weighted by molar-refractivity contribution is 5.90. The van der Waals surface area contributed by atoms with Gasteiger partial charge in [0.25, 0.3) is 0 Å². The molecule has 6 rings (SSSR count). The molecule has 2 fully saturated rings. The topological polar surface area (TPSA) is 217 Å². The number of aliphatic imine (C=N–C) groups is 1. The van der Waals surface area contributed by atoms with E-state index in [1.165, 1.54) is 18.1 Å². The highest BCUT2D eigenvalue weighted by Gasteiger charge is 2.65. The van der Waals surface area contributed by atoms with Crippen molar-refractivity contribution in [3.63, 3.8) is 0 Å². The second-order valence-electron chi connectivity index (χ2n) is 15.4. The number of Topliss-reactive ketones (excluding diaryl/α,β-unsaturated/α-hetero) is 1. The summed E-state index contributed by atoms with van der Waals surface area (Å²) in [5, 5.41) is 5.42. The van der Waals surface area contributed by atoms with E-state index in [1.54, 1.807) is 18.9 Å². The van der Waals surface area contributed by atoms with Crippen molar-refractivity contribution in [2.75, 3.05) is 53.5 Å². The summed E-state index contributed by atoms with van der Waals surface area (Å²) in [5.74, 6) is -0.586. The number of nitrogens with one attached hydrogen (secondary N) is 2. The van der Waals surface area contributed by atoms with Gasteiger partial charge in [0.1, 0.15) is 5.76 Å². The number of piperidine rings is 2. The third-order valence-corrected chi connectivity index (χ3v) is 12.1. The number of guanidine groups is 1. The Bertz CT molecular complexity index is 1730. The van der Waals surface area contributed by atoms with Gasteiger partial charge in [-0.2, -0.15) is 0 Å². The number of carbonyl (C=O) groups is 5. The molecule has 0 aromatic heterocycles. The molecule has 2 aliphatic carbocycles. The van der Waals surface area contributed by atoms with Gasteiger partial charge in [0, 0.05) is 55.9 Å². The number of carbonyl (C=O) groups excluding carboxylic acids is 5. The van der Waals surface area contributed by atoms with Crippen LogP contribution in [0.1, 0.15) is 69.9 Å². The first-order chi connectivity index (χ1) is 26.4. The number of esters is 1. The monoisotopic (exact) mass is 765 g/mol. The summed E-state index contributed by atoms with van der Waals surface area (Å²) < 4.78 is 24.2. The minimum absolute atomic E-state index is 0.0130. The number of amides is 3. The summed E-state index contributed by atoms with van der Waals surface area (Å²) in [6, 6.07) is 3.81. The smallest absolute Gasteiger partial charge is 0.415 e. The van der Waals surface area contributed by atoms with Crippen LogP contribution in [0, 0.1) is 17.8 Å². The summed E-state index contributed by atoms with van der Waals surface area (Å²) in [6.07, 6.45) is 4.62. The van der Waals surface area contributed by atoms with Crippen molar-refractivity contribution in [3.8, 4) is 11.5 Å². The number of methoxy groups -OCH3 is 1. The van der Waals surface area contributed by atoms with Gasteiger partial charge in [-0.3, -0.25) is 24.2 Å². The Morgan fingerprint density at radius 1 is 1.15 bits per heavy atom. The van der Waals surface area contributed by atoms with Crippen LogP contribution in [0.4, 0.5) is 4.79 Å². The lowest BCUT2D eigenvalue weighted by Gasteiger charge is -2.56. The van der Waals surface area contributed by atoms with Gasteiger partial charge < -0.3 is 50.8 Å². The highest BCUT2D eigenvalue weighted by atomic mass is 16.6. The number of hydrogen-bond donors (Lipinski definition) is 4. The van der Waals surface area contributed by atoms with Crippen LogP contribution in [0.2, 0.25) is 0 Å². The molecule has 300 valence electrons. The molecule has 0 radical (unpaired) electrons. The Labute approximate surface area is 321 Å². The second-order valence-corrected chi connectivity index (χ2v) is 15.4. The molecule has 1 spiro atoms. The Balaban J connectivity index is 1.20. The normalized spacial score (nSPS) is 26.7. The van der Waals surface area contributed by atoms with Crippen LogP contribution in [-0.4, -0.2) is 117 Å². The number of hydrogen-bond acceptors (Lipinski definition) is 11. The van der Waals surface area contributed by atoms with E-state index in [9.17, 15) is 24.0 Å². The Morgan fingerprint density at radius 2 is 1.95 bits per heavy atom. The van der Waals surface area contributed by atoms with Crippen LogP contribution in [0.25, 0.3) is 0 Å². The van der Waals surface area contributed by atoms with Crippen molar-refractivity contribution in [2.45, 2.75) is 88.8 Å². The third kappa shape index (κ3) is 8.10. The predicted molar refractivity (Wildman–Crippen MR) is 201 cm³/mol. The van der Waals surface area contributed by atoms with Gasteiger partial charge >= 0.3 is 12.1 Å².